The lowest BCUT2D eigenvalue weighted by Crippen LogP contribution is -2.38. The quantitative estimate of drug-likeness (QED) is 0.150. The van der Waals surface area contributed by atoms with Gasteiger partial charge >= 0.3 is 0 Å². The molecule has 0 unspecified atom stereocenters. The molecule has 1 aliphatic rings. The van der Waals surface area contributed by atoms with Crippen LogP contribution in [0.4, 0.5) is 5.69 Å². The van der Waals surface area contributed by atoms with Gasteiger partial charge in [0.1, 0.15) is 5.75 Å². The molecule has 6 heteroatoms. The van der Waals surface area contributed by atoms with Crippen molar-refractivity contribution in [1.29, 1.82) is 5.26 Å². The third-order valence-electron chi connectivity index (χ3n) is 12.0. The lowest BCUT2D eigenvalue weighted by Gasteiger charge is -2.41. The first-order valence-electron chi connectivity index (χ1n) is 21.0. The van der Waals surface area contributed by atoms with Gasteiger partial charge < -0.3 is 4.74 Å². The molecule has 0 fully saturated rings. The van der Waals surface area contributed by atoms with Crippen LogP contribution in [0.5, 0.6) is 5.75 Å². The highest BCUT2D eigenvalue weighted by atomic mass is 16.5. The number of aromatic nitrogens is 3. The van der Waals surface area contributed by atoms with E-state index in [2.05, 4.69) is 132 Å². The van der Waals surface area contributed by atoms with E-state index in [9.17, 15) is 5.26 Å². The summed E-state index contributed by atoms with van der Waals surface area (Å²) in [7, 11) is 0. The molecule has 0 saturated heterocycles. The van der Waals surface area contributed by atoms with Gasteiger partial charge in [-0.15, -0.1) is 0 Å². The minimum Gasteiger partial charge on any atom is -0.472 e. The molecule has 64 heavy (non-hydrogen) atoms. The van der Waals surface area contributed by atoms with Gasteiger partial charge in [-0.05, 0) is 62.9 Å². The number of rotatable bonds is 7. The van der Waals surface area contributed by atoms with Gasteiger partial charge in [0.25, 0.3) is 0 Å². The van der Waals surface area contributed by atoms with Gasteiger partial charge in [-0.2, -0.15) is 5.26 Å². The summed E-state index contributed by atoms with van der Waals surface area (Å²) in [5.41, 5.74) is 11.6. The average molecular weight is 818 g/mol. The van der Waals surface area contributed by atoms with Crippen LogP contribution in [0.1, 0.15) is 22.3 Å². The number of ether oxygens (including phenoxy) is 1. The predicted molar refractivity (Wildman–Crippen MR) is 254 cm³/mol. The van der Waals surface area contributed by atoms with Crippen molar-refractivity contribution < 1.29 is 4.74 Å². The standard InChI is InChI=1S/C58H35N5O/c1-60-48-31-33-53-52(36-48)51-32-30-44(35-54(51)64-58(53,46-16-4-2-5-17-46)47-18-6-3-7-19-47)39-22-26-42(27-23-39)55-61-56(63-57(62-55)45-15-10-12-38(34-45)37-59)43-28-24-41(25-29-43)50-21-11-14-40-13-8-9-20-49(40)50/h2-36H. The van der Waals surface area contributed by atoms with E-state index in [-0.39, 0.29) is 0 Å². The molecule has 10 aromatic rings. The van der Waals surface area contributed by atoms with Crippen molar-refractivity contribution in [3.63, 3.8) is 0 Å². The van der Waals surface area contributed by atoms with Gasteiger partial charge in [-0.25, -0.2) is 19.8 Å². The maximum absolute atomic E-state index is 9.72. The third kappa shape index (κ3) is 6.64. The molecule has 0 aliphatic carbocycles. The lowest BCUT2D eigenvalue weighted by atomic mass is 9.75. The molecule has 1 aromatic heterocycles. The van der Waals surface area contributed by atoms with Crippen LogP contribution >= 0.6 is 0 Å². The van der Waals surface area contributed by atoms with Crippen molar-refractivity contribution in [2.45, 2.75) is 5.60 Å². The van der Waals surface area contributed by atoms with Gasteiger partial charge in [0.15, 0.2) is 28.8 Å². The third-order valence-corrected chi connectivity index (χ3v) is 12.0. The maximum atomic E-state index is 9.72. The first kappa shape index (κ1) is 38.0. The normalized spacial score (nSPS) is 12.3. The van der Waals surface area contributed by atoms with Crippen LogP contribution in [0.25, 0.3) is 83.2 Å². The van der Waals surface area contributed by atoms with E-state index in [1.807, 2.05) is 78.9 Å². The maximum Gasteiger partial charge on any atom is 0.187 e. The minimum atomic E-state index is -0.953. The SMILES string of the molecule is [C-]#[N+]c1ccc2c(c1)-c1ccc(-c3ccc(-c4nc(-c5ccc(-c6cccc7ccccc67)cc5)nc(-c5cccc(C#N)c5)n4)cc3)cc1OC2(c1ccccc1)c1ccccc1. The minimum absolute atomic E-state index is 0.480. The number of benzene rings is 9. The topological polar surface area (TPSA) is 76.0 Å². The molecule has 1 aliphatic heterocycles. The molecule has 2 heterocycles. The highest BCUT2D eigenvalue weighted by Crippen LogP contribution is 2.53. The fraction of sp³-hybridized carbons (Fsp3) is 0.0172. The Kier molecular flexibility index (Phi) is 9.38. The molecule has 11 rings (SSSR count). The molecular weight excluding hydrogens is 783 g/mol. The van der Waals surface area contributed by atoms with Crippen LogP contribution in [0.15, 0.2) is 212 Å². The molecular formula is C58H35N5O. The monoisotopic (exact) mass is 817 g/mol. The fourth-order valence-corrected chi connectivity index (χ4v) is 8.88. The summed E-state index contributed by atoms with van der Waals surface area (Å²) < 4.78 is 7.30. The summed E-state index contributed by atoms with van der Waals surface area (Å²) in [6, 6.07) is 73.7. The van der Waals surface area contributed by atoms with Crippen molar-refractivity contribution >= 4 is 16.5 Å². The lowest BCUT2D eigenvalue weighted by molar-refractivity contribution is 0.152. The number of fused-ring (bicyclic) bond motifs is 4. The molecule has 0 radical (unpaired) electrons. The van der Waals surface area contributed by atoms with Gasteiger partial charge in [-0.1, -0.05) is 188 Å². The summed E-state index contributed by atoms with van der Waals surface area (Å²) in [6.07, 6.45) is 0. The van der Waals surface area contributed by atoms with Crippen LogP contribution in [-0.4, -0.2) is 15.0 Å². The molecule has 0 bridgehead atoms. The van der Waals surface area contributed by atoms with E-state index in [1.165, 1.54) is 10.8 Å². The van der Waals surface area contributed by atoms with Gasteiger partial charge in [0.05, 0.1) is 18.2 Å². The van der Waals surface area contributed by atoms with E-state index in [1.54, 1.807) is 12.1 Å². The van der Waals surface area contributed by atoms with E-state index in [0.717, 1.165) is 72.5 Å². The number of hydrogen-bond acceptors (Lipinski definition) is 5. The van der Waals surface area contributed by atoms with Gasteiger partial charge in [0, 0.05) is 38.9 Å². The Labute approximate surface area is 370 Å². The Bertz CT molecular complexity index is 3440. The number of nitriles is 1. The van der Waals surface area contributed by atoms with E-state index in [0.29, 0.717) is 28.7 Å². The summed E-state index contributed by atoms with van der Waals surface area (Å²) in [4.78, 5) is 18.8. The van der Waals surface area contributed by atoms with Crippen LogP contribution in [0.2, 0.25) is 0 Å². The zero-order valence-electron chi connectivity index (χ0n) is 34.4. The molecule has 0 atom stereocenters. The zero-order chi connectivity index (χ0) is 43.0. The van der Waals surface area contributed by atoms with Crippen molar-refractivity contribution in [3.8, 4) is 79.4 Å². The van der Waals surface area contributed by atoms with Crippen molar-refractivity contribution in [3.05, 3.63) is 246 Å². The Balaban J connectivity index is 0.984. The molecule has 0 spiro atoms. The molecule has 0 saturated carbocycles. The first-order valence-corrected chi connectivity index (χ1v) is 21.0. The molecule has 9 aromatic carbocycles. The Morgan fingerprint density at radius 2 is 1.03 bits per heavy atom. The highest BCUT2D eigenvalue weighted by Gasteiger charge is 2.44. The summed E-state index contributed by atoms with van der Waals surface area (Å²) in [6.45, 7) is 7.85. The predicted octanol–water partition coefficient (Wildman–Crippen LogP) is 14.1. The number of hydrogen-bond donors (Lipinski definition) is 0. The van der Waals surface area contributed by atoms with Gasteiger partial charge in [-0.3, -0.25) is 0 Å². The largest absolute Gasteiger partial charge is 0.472 e. The second-order valence-corrected chi connectivity index (χ2v) is 15.7. The molecule has 0 amide bonds. The Hall–Kier alpha value is -8.97. The Morgan fingerprint density at radius 3 is 1.70 bits per heavy atom. The molecule has 6 nitrogen and oxygen atoms in total. The van der Waals surface area contributed by atoms with Crippen LogP contribution in [0, 0.1) is 17.9 Å². The van der Waals surface area contributed by atoms with Crippen molar-refractivity contribution in [2.24, 2.45) is 0 Å². The van der Waals surface area contributed by atoms with Crippen LogP contribution < -0.4 is 4.74 Å². The smallest absolute Gasteiger partial charge is 0.187 e. The fourth-order valence-electron chi connectivity index (χ4n) is 8.88. The zero-order valence-corrected chi connectivity index (χ0v) is 34.4. The average Bonchev–Trinajstić information content (AvgIpc) is 3.38. The first-order chi connectivity index (χ1) is 31.6. The molecule has 0 N–H and O–H groups in total. The van der Waals surface area contributed by atoms with Gasteiger partial charge in [0.2, 0.25) is 0 Å². The van der Waals surface area contributed by atoms with Crippen LogP contribution in [-0.2, 0) is 5.60 Å². The summed E-state index contributed by atoms with van der Waals surface area (Å²) >= 11 is 0. The van der Waals surface area contributed by atoms with Crippen molar-refractivity contribution in [1.82, 2.24) is 15.0 Å². The van der Waals surface area contributed by atoms with E-state index in [4.69, 9.17) is 26.3 Å². The summed E-state index contributed by atoms with van der Waals surface area (Å²) in [5.74, 6) is 2.25. The van der Waals surface area contributed by atoms with E-state index >= 15 is 0 Å². The molecule has 298 valence electrons. The van der Waals surface area contributed by atoms with Crippen molar-refractivity contribution in [2.75, 3.05) is 0 Å². The number of nitrogens with zero attached hydrogens (tertiary/aromatic N) is 5. The van der Waals surface area contributed by atoms with Crippen LogP contribution in [0.3, 0.4) is 0 Å². The highest BCUT2D eigenvalue weighted by molar-refractivity contribution is 5.97. The van der Waals surface area contributed by atoms with E-state index < -0.39 is 5.60 Å². The second-order valence-electron chi connectivity index (χ2n) is 15.7. The second kappa shape index (κ2) is 15.8. The Morgan fingerprint density at radius 1 is 0.453 bits per heavy atom. The summed E-state index contributed by atoms with van der Waals surface area (Å²) in [5, 5.41) is 12.1.